The number of rotatable bonds is 5. The van der Waals surface area contributed by atoms with Gasteiger partial charge in [-0.25, -0.2) is 14.6 Å². The number of likely N-dealkylation sites (tertiary alicyclic amines) is 1. The maximum absolute atomic E-state index is 6.33. The van der Waals surface area contributed by atoms with Crippen molar-refractivity contribution in [3.63, 3.8) is 0 Å². The summed E-state index contributed by atoms with van der Waals surface area (Å²) in [6.45, 7) is 4.43. The largest absolute Gasteiger partial charge is 0.457 e. The van der Waals surface area contributed by atoms with E-state index < -0.39 is 0 Å². The second-order valence-electron chi connectivity index (χ2n) is 9.07. The Hall–Kier alpha value is -3.06. The summed E-state index contributed by atoms with van der Waals surface area (Å²) in [6.07, 6.45) is 3.64. The monoisotopic (exact) mass is 473 g/mol. The Labute approximate surface area is 201 Å². The number of hydrogen-bond donors (Lipinski definition) is 1. The third kappa shape index (κ3) is 4.02. The van der Waals surface area contributed by atoms with Gasteiger partial charge in [0.2, 0.25) is 0 Å². The number of benzene rings is 2. The van der Waals surface area contributed by atoms with Crippen LogP contribution in [0.1, 0.15) is 18.9 Å². The second kappa shape index (κ2) is 8.95. The molecule has 2 aliphatic heterocycles. The van der Waals surface area contributed by atoms with Crippen LogP contribution in [0.3, 0.4) is 0 Å². The molecule has 174 valence electrons. The molecule has 2 N–H and O–H groups in total. The van der Waals surface area contributed by atoms with Gasteiger partial charge in [-0.2, -0.15) is 5.10 Å². The number of piperidine rings is 1. The predicted octanol–water partition coefficient (Wildman–Crippen LogP) is 3.98. The SMILES string of the molecule is Nc1ncnc2c1c(-c1ccc(Oc3ccccc3)cc1)nn2C1CCN(C2CN(P)C2)CC1. The highest BCUT2D eigenvalue weighted by Crippen LogP contribution is 2.35. The van der Waals surface area contributed by atoms with E-state index in [0.29, 0.717) is 17.9 Å². The first-order valence-corrected chi connectivity index (χ1v) is 12.2. The Morgan fingerprint density at radius 1 is 0.882 bits per heavy atom. The zero-order chi connectivity index (χ0) is 23.1. The van der Waals surface area contributed by atoms with Crippen LogP contribution in [0.4, 0.5) is 5.82 Å². The lowest BCUT2D eigenvalue weighted by Crippen LogP contribution is -2.57. The van der Waals surface area contributed by atoms with Crippen molar-refractivity contribution in [3.8, 4) is 22.8 Å². The summed E-state index contributed by atoms with van der Waals surface area (Å²) in [4.78, 5) is 11.5. The van der Waals surface area contributed by atoms with Crippen LogP contribution < -0.4 is 10.5 Å². The molecule has 0 amide bonds. The quantitative estimate of drug-likeness (QED) is 0.439. The molecule has 2 aliphatic rings. The van der Waals surface area contributed by atoms with Crippen molar-refractivity contribution in [2.45, 2.75) is 24.9 Å². The third-order valence-corrected chi connectivity index (χ3v) is 7.30. The molecule has 0 saturated carbocycles. The highest BCUT2D eigenvalue weighted by molar-refractivity contribution is 7.13. The minimum atomic E-state index is 0.301. The summed E-state index contributed by atoms with van der Waals surface area (Å²) in [6, 6.07) is 18.7. The summed E-state index contributed by atoms with van der Waals surface area (Å²) < 4.78 is 10.3. The van der Waals surface area contributed by atoms with E-state index in [1.165, 1.54) is 6.33 Å². The molecule has 9 heteroatoms. The van der Waals surface area contributed by atoms with Crippen molar-refractivity contribution in [1.29, 1.82) is 0 Å². The number of para-hydroxylation sites is 1. The van der Waals surface area contributed by atoms with E-state index in [1.54, 1.807) is 0 Å². The summed E-state index contributed by atoms with van der Waals surface area (Å²) in [5.41, 5.74) is 8.93. The van der Waals surface area contributed by atoms with Crippen LogP contribution in [0, 0.1) is 0 Å². The van der Waals surface area contributed by atoms with E-state index in [9.17, 15) is 0 Å². The zero-order valence-electron chi connectivity index (χ0n) is 18.9. The molecule has 2 aromatic heterocycles. The van der Waals surface area contributed by atoms with Gasteiger partial charge in [0.05, 0.1) is 11.4 Å². The van der Waals surface area contributed by atoms with Gasteiger partial charge in [0.25, 0.3) is 0 Å². The van der Waals surface area contributed by atoms with Gasteiger partial charge in [0.1, 0.15) is 29.3 Å². The standard InChI is InChI=1S/C25H28N7OP/c26-24-22-23(17-6-8-21(9-7-17)33-20-4-2-1-3-5-20)29-32(25(22)28-16-27-24)18-10-12-30(13-11-18)19-14-31(34)15-19/h1-9,16,18-19H,10-15,34H2,(H2,26,27,28). The topological polar surface area (TPSA) is 85.3 Å². The fourth-order valence-corrected chi connectivity index (χ4v) is 5.46. The minimum Gasteiger partial charge on any atom is -0.457 e. The van der Waals surface area contributed by atoms with Crippen molar-refractivity contribution in [2.24, 2.45) is 0 Å². The van der Waals surface area contributed by atoms with Gasteiger partial charge < -0.3 is 10.5 Å². The Bertz CT molecular complexity index is 1280. The first kappa shape index (κ1) is 21.5. The van der Waals surface area contributed by atoms with E-state index in [4.69, 9.17) is 15.6 Å². The van der Waals surface area contributed by atoms with Gasteiger partial charge in [0, 0.05) is 37.8 Å². The van der Waals surface area contributed by atoms with Crippen LogP contribution in [0.5, 0.6) is 11.5 Å². The summed E-state index contributed by atoms with van der Waals surface area (Å²) in [5.74, 6) is 2.04. The van der Waals surface area contributed by atoms with E-state index in [-0.39, 0.29) is 0 Å². The lowest BCUT2D eigenvalue weighted by atomic mass is 10.0. The normalized spacial score (nSPS) is 18.3. The zero-order valence-corrected chi connectivity index (χ0v) is 20.1. The molecule has 8 nitrogen and oxygen atoms in total. The van der Waals surface area contributed by atoms with E-state index in [1.807, 2.05) is 54.6 Å². The van der Waals surface area contributed by atoms with Crippen LogP contribution in [-0.4, -0.2) is 61.5 Å². The fourth-order valence-electron chi connectivity index (χ4n) is 4.97. The Morgan fingerprint density at radius 2 is 1.59 bits per heavy atom. The van der Waals surface area contributed by atoms with Crippen LogP contribution >= 0.6 is 9.39 Å². The molecule has 1 atom stereocenters. The number of anilines is 1. The van der Waals surface area contributed by atoms with Gasteiger partial charge in [-0.3, -0.25) is 9.57 Å². The second-order valence-corrected chi connectivity index (χ2v) is 9.80. The first-order chi connectivity index (χ1) is 16.7. The molecular weight excluding hydrogens is 445 g/mol. The Balaban J connectivity index is 1.27. The summed E-state index contributed by atoms with van der Waals surface area (Å²) >= 11 is 0. The summed E-state index contributed by atoms with van der Waals surface area (Å²) in [5, 5.41) is 5.86. The first-order valence-electron chi connectivity index (χ1n) is 11.7. The van der Waals surface area contributed by atoms with E-state index in [2.05, 4.69) is 33.6 Å². The van der Waals surface area contributed by atoms with Crippen LogP contribution in [-0.2, 0) is 0 Å². The molecule has 0 aliphatic carbocycles. The average Bonchev–Trinajstić information content (AvgIpc) is 3.24. The molecule has 0 bridgehead atoms. The molecule has 0 spiro atoms. The minimum absolute atomic E-state index is 0.301. The van der Waals surface area contributed by atoms with E-state index >= 15 is 0 Å². The smallest absolute Gasteiger partial charge is 0.164 e. The number of fused-ring (bicyclic) bond motifs is 1. The Morgan fingerprint density at radius 3 is 2.29 bits per heavy atom. The lowest BCUT2D eigenvalue weighted by molar-refractivity contribution is 0.0622. The molecule has 4 aromatic rings. The molecule has 0 radical (unpaired) electrons. The van der Waals surface area contributed by atoms with Crippen molar-refractivity contribution in [2.75, 3.05) is 31.9 Å². The molecule has 34 heavy (non-hydrogen) atoms. The number of nitrogen functional groups attached to an aromatic ring is 1. The predicted molar refractivity (Wildman–Crippen MR) is 137 cm³/mol. The van der Waals surface area contributed by atoms with Gasteiger partial charge in [-0.05, 0) is 49.2 Å². The molecule has 2 fully saturated rings. The van der Waals surface area contributed by atoms with Gasteiger partial charge in [-0.1, -0.05) is 27.6 Å². The Kier molecular flexibility index (Phi) is 5.65. The number of nitrogens with two attached hydrogens (primary N) is 1. The van der Waals surface area contributed by atoms with Gasteiger partial charge in [0.15, 0.2) is 5.65 Å². The number of ether oxygens (including phenoxy) is 1. The van der Waals surface area contributed by atoms with Crippen molar-refractivity contribution < 1.29 is 4.74 Å². The maximum atomic E-state index is 6.33. The van der Waals surface area contributed by atoms with E-state index in [0.717, 1.165) is 72.8 Å². The van der Waals surface area contributed by atoms with Crippen LogP contribution in [0.15, 0.2) is 60.9 Å². The van der Waals surface area contributed by atoms with Crippen molar-refractivity contribution >= 4 is 26.2 Å². The number of aromatic nitrogens is 4. The molecule has 2 saturated heterocycles. The van der Waals surface area contributed by atoms with Crippen molar-refractivity contribution in [1.82, 2.24) is 29.3 Å². The van der Waals surface area contributed by atoms with Crippen molar-refractivity contribution in [3.05, 3.63) is 60.9 Å². The average molecular weight is 474 g/mol. The highest BCUT2D eigenvalue weighted by Gasteiger charge is 2.33. The molecule has 2 aromatic carbocycles. The van der Waals surface area contributed by atoms with Crippen LogP contribution in [0.25, 0.3) is 22.3 Å². The highest BCUT2D eigenvalue weighted by atomic mass is 31.0. The molecule has 4 heterocycles. The fraction of sp³-hybridized carbons (Fsp3) is 0.320. The molecule has 6 rings (SSSR count). The van der Waals surface area contributed by atoms with Gasteiger partial charge >= 0.3 is 0 Å². The van der Waals surface area contributed by atoms with Gasteiger partial charge in [-0.15, -0.1) is 0 Å². The maximum Gasteiger partial charge on any atom is 0.164 e. The number of nitrogens with zero attached hydrogens (tertiary/aromatic N) is 6. The number of hydrogen-bond acceptors (Lipinski definition) is 7. The molecular formula is C25H28N7OP. The van der Waals surface area contributed by atoms with Crippen LogP contribution in [0.2, 0.25) is 0 Å². The lowest BCUT2D eigenvalue weighted by Gasteiger charge is -2.46. The third-order valence-electron chi connectivity index (χ3n) is 6.88. The summed E-state index contributed by atoms with van der Waals surface area (Å²) in [7, 11) is 2.79. The molecule has 1 unspecified atom stereocenters.